The maximum absolute atomic E-state index is 6.09. The van der Waals surface area contributed by atoms with Gasteiger partial charge in [0.15, 0.2) is 0 Å². The largest absolute Gasteiger partial charge is 0.486 e. The van der Waals surface area contributed by atoms with Crippen molar-refractivity contribution in [1.82, 2.24) is 5.32 Å². The van der Waals surface area contributed by atoms with Gasteiger partial charge in [-0.15, -0.1) is 0 Å². The van der Waals surface area contributed by atoms with Crippen molar-refractivity contribution in [1.29, 1.82) is 0 Å². The molecule has 2 aliphatic heterocycles. The highest BCUT2D eigenvalue weighted by Gasteiger charge is 2.31. The molecule has 4 nitrogen and oxygen atoms in total. The highest BCUT2D eigenvalue weighted by molar-refractivity contribution is 5.60. The summed E-state index contributed by atoms with van der Waals surface area (Å²) in [7, 11) is 1.73. The monoisotopic (exact) mass is 248 g/mol. The van der Waals surface area contributed by atoms with E-state index in [2.05, 4.69) is 28.4 Å². The lowest BCUT2D eigenvalue weighted by Crippen LogP contribution is -2.52. The summed E-state index contributed by atoms with van der Waals surface area (Å²) in [5.41, 5.74) is 1.22. The first kappa shape index (κ1) is 11.8. The predicted octanol–water partition coefficient (Wildman–Crippen LogP) is 1.26. The average molecular weight is 248 g/mol. The number of anilines is 1. The number of fused-ring (bicyclic) bond motifs is 3. The number of hydrogen-bond acceptors (Lipinski definition) is 4. The molecular formula is C14H20N2O2. The molecule has 2 aliphatic rings. The Hall–Kier alpha value is -1.26. The zero-order chi connectivity index (χ0) is 12.4. The minimum atomic E-state index is 0.144. The van der Waals surface area contributed by atoms with Crippen LogP contribution in [-0.2, 0) is 4.74 Å². The number of nitrogens with zero attached hydrogens (tertiary/aromatic N) is 1. The van der Waals surface area contributed by atoms with Crippen LogP contribution in [0.5, 0.6) is 5.75 Å². The summed E-state index contributed by atoms with van der Waals surface area (Å²) in [5.74, 6) is 0.990. The lowest BCUT2D eigenvalue weighted by atomic mass is 10.1. The lowest BCUT2D eigenvalue weighted by Gasteiger charge is -2.36. The second kappa shape index (κ2) is 5.16. The molecule has 2 heterocycles. The van der Waals surface area contributed by atoms with Gasteiger partial charge in [-0.05, 0) is 12.1 Å². The molecule has 0 spiro atoms. The standard InChI is InChI=1S/C14H20N2O2/c1-17-10-12-8-11-9-15-6-7-16(11)13-4-2-3-5-14(13)18-12/h2-5,11-12,15H,6-10H2,1H3/t11-,12-/m1/s1. The molecule has 0 aliphatic carbocycles. The summed E-state index contributed by atoms with van der Waals surface area (Å²) >= 11 is 0. The van der Waals surface area contributed by atoms with E-state index in [0.717, 1.165) is 31.8 Å². The molecule has 4 heteroatoms. The van der Waals surface area contributed by atoms with Gasteiger partial charge in [0.25, 0.3) is 0 Å². The number of hydrogen-bond donors (Lipinski definition) is 1. The third-order valence-corrected chi connectivity index (χ3v) is 3.71. The van der Waals surface area contributed by atoms with Crippen LogP contribution in [0.3, 0.4) is 0 Å². The average Bonchev–Trinajstić information content (AvgIpc) is 2.55. The number of benzene rings is 1. The molecule has 1 fully saturated rings. The topological polar surface area (TPSA) is 33.7 Å². The van der Waals surface area contributed by atoms with Gasteiger partial charge in [-0.3, -0.25) is 0 Å². The van der Waals surface area contributed by atoms with Crippen molar-refractivity contribution in [2.24, 2.45) is 0 Å². The molecule has 1 aromatic rings. The number of rotatable bonds is 2. The first-order valence-corrected chi connectivity index (χ1v) is 6.60. The number of ether oxygens (including phenoxy) is 2. The molecule has 0 saturated carbocycles. The Bertz CT molecular complexity index is 411. The lowest BCUT2D eigenvalue weighted by molar-refractivity contribution is 0.0745. The third-order valence-electron chi connectivity index (χ3n) is 3.71. The Labute approximate surface area is 108 Å². The third kappa shape index (κ3) is 2.18. The van der Waals surface area contributed by atoms with Crippen molar-refractivity contribution in [3.8, 4) is 5.75 Å². The van der Waals surface area contributed by atoms with Crippen LogP contribution in [0.4, 0.5) is 5.69 Å². The molecule has 1 saturated heterocycles. The minimum Gasteiger partial charge on any atom is -0.486 e. The SMILES string of the molecule is COC[C@H]1C[C@@H]2CNCCN2c2ccccc2O1. The number of piperazine rings is 1. The Balaban J connectivity index is 1.93. The van der Waals surface area contributed by atoms with E-state index in [0.29, 0.717) is 12.6 Å². The van der Waals surface area contributed by atoms with Gasteiger partial charge in [0.1, 0.15) is 11.9 Å². The smallest absolute Gasteiger partial charge is 0.143 e. The Kier molecular flexibility index (Phi) is 3.39. The molecule has 0 amide bonds. The zero-order valence-corrected chi connectivity index (χ0v) is 10.8. The molecule has 18 heavy (non-hydrogen) atoms. The van der Waals surface area contributed by atoms with Gasteiger partial charge in [-0.2, -0.15) is 0 Å². The van der Waals surface area contributed by atoms with Crippen molar-refractivity contribution >= 4 is 5.69 Å². The normalized spacial score (nSPS) is 26.8. The van der Waals surface area contributed by atoms with Crippen molar-refractivity contribution in [2.45, 2.75) is 18.6 Å². The van der Waals surface area contributed by atoms with Crippen LogP contribution in [0.25, 0.3) is 0 Å². The van der Waals surface area contributed by atoms with Gasteiger partial charge in [0.2, 0.25) is 0 Å². The summed E-state index contributed by atoms with van der Waals surface area (Å²) < 4.78 is 11.4. The molecule has 98 valence electrons. The Morgan fingerprint density at radius 3 is 3.22 bits per heavy atom. The zero-order valence-electron chi connectivity index (χ0n) is 10.8. The summed E-state index contributed by atoms with van der Waals surface area (Å²) in [6.07, 6.45) is 1.15. The van der Waals surface area contributed by atoms with E-state index in [9.17, 15) is 0 Å². The summed E-state index contributed by atoms with van der Waals surface area (Å²) in [5, 5.41) is 3.47. The van der Waals surface area contributed by atoms with Crippen LogP contribution < -0.4 is 15.0 Å². The molecule has 1 aromatic carbocycles. The van der Waals surface area contributed by atoms with E-state index in [1.807, 2.05) is 6.07 Å². The molecule has 0 unspecified atom stereocenters. The van der Waals surface area contributed by atoms with Crippen molar-refractivity contribution in [3.05, 3.63) is 24.3 Å². The first-order valence-electron chi connectivity index (χ1n) is 6.60. The van der Waals surface area contributed by atoms with Crippen molar-refractivity contribution in [3.63, 3.8) is 0 Å². The molecular weight excluding hydrogens is 228 g/mol. The van der Waals surface area contributed by atoms with E-state index in [1.165, 1.54) is 5.69 Å². The quantitative estimate of drug-likeness (QED) is 0.854. The van der Waals surface area contributed by atoms with E-state index in [1.54, 1.807) is 7.11 Å². The van der Waals surface area contributed by atoms with Crippen LogP contribution in [0.1, 0.15) is 6.42 Å². The fourth-order valence-electron chi connectivity index (χ4n) is 2.90. The Morgan fingerprint density at radius 1 is 1.44 bits per heavy atom. The first-order chi connectivity index (χ1) is 8.88. The van der Waals surface area contributed by atoms with Crippen LogP contribution in [-0.4, -0.2) is 45.5 Å². The van der Waals surface area contributed by atoms with Gasteiger partial charge in [0.05, 0.1) is 12.3 Å². The molecule has 3 rings (SSSR count). The highest BCUT2D eigenvalue weighted by atomic mass is 16.5. The fourth-order valence-corrected chi connectivity index (χ4v) is 2.90. The molecule has 0 radical (unpaired) electrons. The highest BCUT2D eigenvalue weighted by Crippen LogP contribution is 2.35. The second-order valence-electron chi connectivity index (χ2n) is 4.95. The van der Waals surface area contributed by atoms with Gasteiger partial charge < -0.3 is 19.7 Å². The number of methoxy groups -OCH3 is 1. The predicted molar refractivity (Wildman–Crippen MR) is 71.4 cm³/mol. The molecule has 0 aromatic heterocycles. The van der Waals surface area contributed by atoms with Crippen molar-refractivity contribution < 1.29 is 9.47 Å². The molecule has 1 N–H and O–H groups in total. The minimum absolute atomic E-state index is 0.144. The van der Waals surface area contributed by atoms with Gasteiger partial charge in [-0.25, -0.2) is 0 Å². The summed E-state index contributed by atoms with van der Waals surface area (Å²) in [6.45, 7) is 3.76. The summed E-state index contributed by atoms with van der Waals surface area (Å²) in [4.78, 5) is 2.47. The maximum Gasteiger partial charge on any atom is 0.143 e. The summed E-state index contributed by atoms with van der Waals surface area (Å²) in [6, 6.07) is 8.83. The van der Waals surface area contributed by atoms with Crippen LogP contribution in [0.2, 0.25) is 0 Å². The number of nitrogens with one attached hydrogen (secondary N) is 1. The van der Waals surface area contributed by atoms with Crippen molar-refractivity contribution in [2.75, 3.05) is 38.3 Å². The van der Waals surface area contributed by atoms with Crippen LogP contribution in [0.15, 0.2) is 24.3 Å². The molecule has 2 atom stereocenters. The van der Waals surface area contributed by atoms with Crippen LogP contribution in [0, 0.1) is 0 Å². The van der Waals surface area contributed by atoms with Crippen LogP contribution >= 0.6 is 0 Å². The number of para-hydroxylation sites is 2. The molecule has 0 bridgehead atoms. The van der Waals surface area contributed by atoms with E-state index >= 15 is 0 Å². The van der Waals surface area contributed by atoms with E-state index in [4.69, 9.17) is 9.47 Å². The van der Waals surface area contributed by atoms with E-state index < -0.39 is 0 Å². The second-order valence-corrected chi connectivity index (χ2v) is 4.95. The van der Waals surface area contributed by atoms with Gasteiger partial charge >= 0.3 is 0 Å². The fraction of sp³-hybridized carbons (Fsp3) is 0.571. The van der Waals surface area contributed by atoms with Gasteiger partial charge in [-0.1, -0.05) is 12.1 Å². The van der Waals surface area contributed by atoms with E-state index in [-0.39, 0.29) is 6.10 Å². The Morgan fingerprint density at radius 2 is 2.33 bits per heavy atom. The maximum atomic E-state index is 6.09. The van der Waals surface area contributed by atoms with Gasteiger partial charge in [0, 0.05) is 39.2 Å².